The van der Waals surface area contributed by atoms with Crippen molar-refractivity contribution in [3.05, 3.63) is 36.2 Å². The average Bonchev–Trinajstić information content (AvgIpc) is 2.17. The van der Waals surface area contributed by atoms with Gasteiger partial charge in [-0.15, -0.1) is 0 Å². The molecule has 15 heavy (non-hydrogen) atoms. The Balaban J connectivity index is 2.98. The number of ether oxygens (including phenoxy) is 1. The molecular formula is C10H10F3NO. The minimum atomic E-state index is -4.44. The van der Waals surface area contributed by atoms with Gasteiger partial charge in [0.2, 0.25) is 0 Å². The van der Waals surface area contributed by atoms with Crippen molar-refractivity contribution in [2.45, 2.75) is 13.1 Å². The van der Waals surface area contributed by atoms with Crippen molar-refractivity contribution >= 4 is 5.76 Å². The number of aromatic nitrogens is 1. The molecule has 0 aliphatic heterocycles. The normalized spacial score (nSPS) is 11.2. The van der Waals surface area contributed by atoms with Crippen molar-refractivity contribution < 1.29 is 17.9 Å². The van der Waals surface area contributed by atoms with Crippen LogP contribution < -0.4 is 0 Å². The lowest BCUT2D eigenvalue weighted by atomic mass is 10.2. The quantitative estimate of drug-likeness (QED) is 0.726. The van der Waals surface area contributed by atoms with E-state index in [4.69, 9.17) is 4.74 Å². The van der Waals surface area contributed by atoms with Gasteiger partial charge < -0.3 is 4.74 Å². The van der Waals surface area contributed by atoms with Crippen molar-refractivity contribution in [1.29, 1.82) is 0 Å². The van der Waals surface area contributed by atoms with Crippen molar-refractivity contribution in [3.8, 4) is 0 Å². The molecular weight excluding hydrogens is 207 g/mol. The molecule has 0 saturated carbocycles. The van der Waals surface area contributed by atoms with E-state index in [0.29, 0.717) is 12.2 Å². The number of pyridine rings is 1. The number of nitrogens with zero attached hydrogens (tertiary/aromatic N) is 1. The van der Waals surface area contributed by atoms with Gasteiger partial charge in [-0.2, -0.15) is 13.2 Å². The van der Waals surface area contributed by atoms with E-state index in [1.54, 1.807) is 6.92 Å². The Kier molecular flexibility index (Phi) is 3.34. The van der Waals surface area contributed by atoms with Gasteiger partial charge in [0.15, 0.2) is 0 Å². The Hall–Kier alpha value is -1.52. The summed E-state index contributed by atoms with van der Waals surface area (Å²) in [6.45, 7) is 5.62. The predicted molar refractivity (Wildman–Crippen MR) is 49.9 cm³/mol. The van der Waals surface area contributed by atoms with Gasteiger partial charge in [-0.05, 0) is 19.1 Å². The van der Waals surface area contributed by atoms with E-state index in [2.05, 4.69) is 11.6 Å². The highest BCUT2D eigenvalue weighted by atomic mass is 19.4. The molecule has 0 aliphatic rings. The van der Waals surface area contributed by atoms with Crippen LogP contribution in [0.15, 0.2) is 24.9 Å². The first-order valence-electron chi connectivity index (χ1n) is 4.30. The lowest BCUT2D eigenvalue weighted by Crippen LogP contribution is -2.08. The molecule has 0 saturated heterocycles. The molecule has 2 nitrogen and oxygen atoms in total. The first-order valence-corrected chi connectivity index (χ1v) is 4.30. The number of hydrogen-bond acceptors (Lipinski definition) is 2. The summed E-state index contributed by atoms with van der Waals surface area (Å²) in [5.41, 5.74) is -0.653. The summed E-state index contributed by atoms with van der Waals surface area (Å²) in [4.78, 5) is 3.23. The molecule has 0 aliphatic carbocycles. The Bertz CT molecular complexity index is 360. The molecule has 0 spiro atoms. The van der Waals surface area contributed by atoms with Crippen LogP contribution in [0.3, 0.4) is 0 Å². The lowest BCUT2D eigenvalue weighted by molar-refractivity contribution is -0.141. The highest BCUT2D eigenvalue weighted by Crippen LogP contribution is 2.28. The van der Waals surface area contributed by atoms with Gasteiger partial charge in [-0.3, -0.25) is 4.98 Å². The van der Waals surface area contributed by atoms with Gasteiger partial charge in [0, 0.05) is 11.8 Å². The minimum Gasteiger partial charge on any atom is -0.494 e. The van der Waals surface area contributed by atoms with E-state index in [1.807, 2.05) is 0 Å². The van der Waals surface area contributed by atoms with Crippen LogP contribution in [0.5, 0.6) is 0 Å². The van der Waals surface area contributed by atoms with Crippen LogP contribution in [0.2, 0.25) is 0 Å². The van der Waals surface area contributed by atoms with Crippen molar-refractivity contribution in [3.63, 3.8) is 0 Å². The van der Waals surface area contributed by atoms with E-state index in [9.17, 15) is 13.2 Å². The fourth-order valence-electron chi connectivity index (χ4n) is 1.02. The molecule has 1 aromatic heterocycles. The zero-order valence-corrected chi connectivity index (χ0v) is 8.14. The number of halogens is 3. The number of hydrogen-bond donors (Lipinski definition) is 0. The summed E-state index contributed by atoms with van der Waals surface area (Å²) in [6.07, 6.45) is -3.36. The SMILES string of the molecule is C=C(OCC)c1ccnc(C(F)(F)F)c1. The molecule has 0 bridgehead atoms. The molecule has 0 aromatic carbocycles. The van der Waals surface area contributed by atoms with Crippen LogP contribution in [0.4, 0.5) is 13.2 Å². The Morgan fingerprint density at radius 2 is 2.20 bits per heavy atom. The third-order valence-corrected chi connectivity index (χ3v) is 1.69. The molecule has 82 valence electrons. The van der Waals surface area contributed by atoms with Crippen LogP contribution in [0, 0.1) is 0 Å². The maximum atomic E-state index is 12.3. The predicted octanol–water partition coefficient (Wildman–Crippen LogP) is 3.11. The van der Waals surface area contributed by atoms with Crippen molar-refractivity contribution in [1.82, 2.24) is 4.98 Å². The Morgan fingerprint density at radius 1 is 1.53 bits per heavy atom. The maximum Gasteiger partial charge on any atom is 0.433 e. The Labute approximate surface area is 85.4 Å². The van der Waals surface area contributed by atoms with Gasteiger partial charge in [-0.1, -0.05) is 6.58 Å². The standard InChI is InChI=1S/C10H10F3NO/c1-3-15-7(2)8-4-5-14-9(6-8)10(11,12)13/h4-6H,2-3H2,1H3. The topological polar surface area (TPSA) is 22.1 Å². The van der Waals surface area contributed by atoms with Crippen molar-refractivity contribution in [2.75, 3.05) is 6.61 Å². The van der Waals surface area contributed by atoms with E-state index in [-0.39, 0.29) is 5.76 Å². The zero-order valence-electron chi connectivity index (χ0n) is 8.14. The summed E-state index contributed by atoms with van der Waals surface area (Å²) in [6, 6.07) is 2.34. The van der Waals surface area contributed by atoms with Crippen LogP contribution in [0.1, 0.15) is 18.2 Å². The first-order chi connectivity index (χ1) is 6.95. The van der Waals surface area contributed by atoms with Gasteiger partial charge in [-0.25, -0.2) is 0 Å². The summed E-state index contributed by atoms with van der Waals surface area (Å²) in [5.74, 6) is 0.213. The van der Waals surface area contributed by atoms with Crippen LogP contribution in [-0.2, 0) is 10.9 Å². The van der Waals surface area contributed by atoms with Crippen molar-refractivity contribution in [2.24, 2.45) is 0 Å². The molecule has 1 heterocycles. The number of rotatable bonds is 3. The van der Waals surface area contributed by atoms with Crippen LogP contribution in [-0.4, -0.2) is 11.6 Å². The van der Waals surface area contributed by atoms with Gasteiger partial charge in [0.05, 0.1) is 6.61 Å². The monoisotopic (exact) mass is 217 g/mol. The smallest absolute Gasteiger partial charge is 0.433 e. The molecule has 0 unspecified atom stereocenters. The molecule has 0 N–H and O–H groups in total. The van der Waals surface area contributed by atoms with Gasteiger partial charge in [0.25, 0.3) is 0 Å². The summed E-state index contributed by atoms with van der Waals surface area (Å²) in [7, 11) is 0. The average molecular weight is 217 g/mol. The second-order valence-electron chi connectivity index (χ2n) is 2.78. The van der Waals surface area contributed by atoms with E-state index in [1.165, 1.54) is 6.07 Å². The molecule has 5 heteroatoms. The fraction of sp³-hybridized carbons (Fsp3) is 0.300. The molecule has 0 amide bonds. The largest absolute Gasteiger partial charge is 0.494 e. The molecule has 0 radical (unpaired) electrons. The lowest BCUT2D eigenvalue weighted by Gasteiger charge is -2.09. The highest BCUT2D eigenvalue weighted by Gasteiger charge is 2.32. The number of alkyl halides is 3. The Morgan fingerprint density at radius 3 is 2.73 bits per heavy atom. The highest BCUT2D eigenvalue weighted by molar-refractivity contribution is 5.57. The van der Waals surface area contributed by atoms with E-state index < -0.39 is 11.9 Å². The molecule has 0 fully saturated rings. The van der Waals surface area contributed by atoms with E-state index >= 15 is 0 Å². The second kappa shape index (κ2) is 4.33. The second-order valence-corrected chi connectivity index (χ2v) is 2.78. The van der Waals surface area contributed by atoms with Crippen LogP contribution in [0.25, 0.3) is 5.76 Å². The van der Waals surface area contributed by atoms with Gasteiger partial charge >= 0.3 is 6.18 Å². The molecule has 1 aromatic rings. The molecule has 1 rings (SSSR count). The van der Waals surface area contributed by atoms with E-state index in [0.717, 1.165) is 12.3 Å². The summed E-state index contributed by atoms with van der Waals surface area (Å²) in [5, 5.41) is 0. The molecule has 0 atom stereocenters. The fourth-order valence-corrected chi connectivity index (χ4v) is 1.02. The first kappa shape index (κ1) is 11.6. The third-order valence-electron chi connectivity index (χ3n) is 1.69. The zero-order chi connectivity index (χ0) is 11.5. The third kappa shape index (κ3) is 2.97. The summed E-state index contributed by atoms with van der Waals surface area (Å²) < 4.78 is 41.9. The summed E-state index contributed by atoms with van der Waals surface area (Å²) >= 11 is 0. The van der Waals surface area contributed by atoms with Gasteiger partial charge in [0.1, 0.15) is 11.5 Å². The minimum absolute atomic E-state index is 0.213. The van der Waals surface area contributed by atoms with Crippen LogP contribution >= 0.6 is 0 Å². The maximum absolute atomic E-state index is 12.3.